The number of hydrogen-bond donors (Lipinski definition) is 0. The van der Waals surface area contributed by atoms with E-state index in [1.807, 2.05) is 0 Å². The second-order valence-electron chi connectivity index (χ2n) is 6.44. The number of hydrogen-bond acceptors (Lipinski definition) is 2. The van der Waals surface area contributed by atoms with Crippen LogP contribution in [0.1, 0.15) is 0 Å². The summed E-state index contributed by atoms with van der Waals surface area (Å²) in [7, 11) is -5.26. The predicted octanol–water partition coefficient (Wildman–Crippen LogP) is 4.47. The first-order valence-electron chi connectivity index (χ1n) is 5.84. The van der Waals surface area contributed by atoms with Crippen LogP contribution in [0.15, 0.2) is 0 Å². The first-order chi connectivity index (χ1) is 7.19. The zero-order valence-electron chi connectivity index (χ0n) is 12.6. The Morgan fingerprint density at radius 2 is 1.06 bits per heavy atom. The quantitative estimate of drug-likeness (QED) is 0.386. The topological polar surface area (TPSA) is 6.48 Å². The van der Waals surface area contributed by atoms with Crippen molar-refractivity contribution >= 4 is 60.4 Å². The van der Waals surface area contributed by atoms with Crippen LogP contribution in [0, 0.1) is 0 Å². The van der Waals surface area contributed by atoms with Gasteiger partial charge in [-0.15, -0.1) is 0 Å². The molecule has 0 bridgehead atoms. The number of halogens is 2. The molecule has 0 N–H and O–H groups in total. The molecule has 0 heterocycles. The molecule has 2 nitrogen and oxygen atoms in total. The van der Waals surface area contributed by atoms with Crippen LogP contribution in [-0.4, -0.2) is 46.1 Å². The fraction of sp³-hybridized carbons (Fsp3) is 1.00. The van der Waals surface area contributed by atoms with Crippen LogP contribution in [0.25, 0.3) is 0 Å². The fourth-order valence-electron chi connectivity index (χ4n) is 2.16. The van der Waals surface area contributed by atoms with Gasteiger partial charge >= 0.3 is 126 Å². The molecule has 0 aromatic heterocycles. The Bertz CT molecular complexity index is 244. The van der Waals surface area contributed by atoms with E-state index in [0.29, 0.717) is 0 Å². The van der Waals surface area contributed by atoms with Gasteiger partial charge < -0.3 is 0 Å². The molecule has 0 saturated heterocycles. The molecule has 0 amide bonds. The first-order valence-corrected chi connectivity index (χ1v) is 21.8. The zero-order valence-corrected chi connectivity index (χ0v) is 19.0. The molecule has 0 radical (unpaired) electrons. The Kier molecular flexibility index (Phi) is 6.60. The zero-order chi connectivity index (χ0) is 14.2. The molecular weight excluding hydrogens is 366 g/mol. The molecule has 0 aliphatic heterocycles. The summed E-state index contributed by atoms with van der Waals surface area (Å²) in [6.07, 6.45) is 0. The molecule has 0 spiro atoms. The summed E-state index contributed by atoms with van der Waals surface area (Å²) in [5, 5.41) is 0. The Hall–Kier alpha value is 1.71. The van der Waals surface area contributed by atoms with Gasteiger partial charge in [-0.05, 0) is 0 Å². The molecule has 17 heavy (non-hydrogen) atoms. The van der Waals surface area contributed by atoms with Crippen LogP contribution in [-0.2, 0) is 0 Å². The van der Waals surface area contributed by atoms with E-state index in [4.69, 9.17) is 22.2 Å². The van der Waals surface area contributed by atoms with Crippen molar-refractivity contribution in [2.75, 3.05) is 0 Å². The van der Waals surface area contributed by atoms with Crippen molar-refractivity contribution in [1.29, 1.82) is 0 Å². The monoisotopic (exact) mass is 392 g/mol. The third kappa shape index (κ3) is 5.69. The molecule has 0 fully saturated rings. The molecule has 0 aromatic carbocycles. The van der Waals surface area contributed by atoms with Crippen molar-refractivity contribution < 1.29 is 0 Å². The Balaban J connectivity index is 5.58. The molecule has 0 unspecified atom stereocenters. The molecule has 0 aliphatic carbocycles. The van der Waals surface area contributed by atoms with Crippen LogP contribution in [0.2, 0.25) is 57.3 Å². The van der Waals surface area contributed by atoms with Crippen LogP contribution in [0.3, 0.4) is 0 Å². The van der Waals surface area contributed by atoms with E-state index in [2.05, 4.69) is 65.2 Å². The van der Waals surface area contributed by atoms with Crippen molar-refractivity contribution in [2.24, 2.45) is 0 Å². The summed E-state index contributed by atoms with van der Waals surface area (Å²) in [4.78, 5) is 0. The molecule has 0 atom stereocenters. The predicted molar refractivity (Wildman–Crippen MR) is 91.2 cm³/mol. The van der Waals surface area contributed by atoms with Crippen molar-refractivity contribution in [2.45, 2.75) is 57.3 Å². The van der Waals surface area contributed by atoms with E-state index in [1.54, 1.807) is 0 Å². The van der Waals surface area contributed by atoms with Gasteiger partial charge in [0.2, 0.25) is 0 Å². The summed E-state index contributed by atoms with van der Waals surface area (Å²) in [6, 6.07) is 0. The minimum atomic E-state index is -1.93. The number of nitrogens with zero attached hydrogens (tertiary/aromatic N) is 2. The summed E-state index contributed by atoms with van der Waals surface area (Å²) in [5.74, 6) is 0. The van der Waals surface area contributed by atoms with Crippen LogP contribution < -0.4 is 0 Å². The van der Waals surface area contributed by atoms with Gasteiger partial charge in [-0.1, -0.05) is 0 Å². The summed E-state index contributed by atoms with van der Waals surface area (Å²) in [6.45, 7) is 15.9. The average molecular weight is 393 g/mol. The molecule has 0 aromatic rings. The van der Waals surface area contributed by atoms with Crippen molar-refractivity contribution in [3.8, 4) is 0 Å². The Morgan fingerprint density at radius 3 is 1.12 bits per heavy atom. The van der Waals surface area contributed by atoms with E-state index in [-0.39, 0.29) is 0 Å². The van der Waals surface area contributed by atoms with Gasteiger partial charge in [0.15, 0.2) is 0 Å². The third-order valence-corrected chi connectivity index (χ3v) is 20.1. The first kappa shape index (κ1) is 18.7. The number of rotatable bonds is 5. The third-order valence-electron chi connectivity index (χ3n) is 2.18. The summed E-state index contributed by atoms with van der Waals surface area (Å²) in [5.41, 5.74) is 4.76. The van der Waals surface area contributed by atoms with Crippen LogP contribution in [0.5, 0.6) is 0 Å². The van der Waals surface area contributed by atoms with Gasteiger partial charge in [-0.25, -0.2) is 0 Å². The summed E-state index contributed by atoms with van der Waals surface area (Å²) < 4.78 is 5.13. The summed E-state index contributed by atoms with van der Waals surface area (Å²) >= 11 is 12.5. The van der Waals surface area contributed by atoms with E-state index in [0.717, 1.165) is 0 Å². The fourth-order valence-corrected chi connectivity index (χ4v) is 31.9. The molecule has 0 aliphatic rings. The molecule has 104 valence electrons. The van der Waals surface area contributed by atoms with Crippen LogP contribution in [0.4, 0.5) is 0 Å². The molecule has 0 saturated carbocycles. The van der Waals surface area contributed by atoms with E-state index >= 15 is 0 Å². The normalized spacial score (nSPS) is 15.2. The van der Waals surface area contributed by atoms with Gasteiger partial charge in [0.05, 0.1) is 0 Å². The van der Waals surface area contributed by atoms with Crippen molar-refractivity contribution in [1.82, 2.24) is 7.93 Å². The van der Waals surface area contributed by atoms with Gasteiger partial charge in [0.1, 0.15) is 0 Å². The van der Waals surface area contributed by atoms with Gasteiger partial charge in [-0.2, -0.15) is 0 Å². The van der Waals surface area contributed by atoms with Crippen molar-refractivity contribution in [3.05, 3.63) is 0 Å². The van der Waals surface area contributed by atoms with E-state index in [9.17, 15) is 0 Å². The average Bonchev–Trinajstić information content (AvgIpc) is 1.91. The van der Waals surface area contributed by atoms with Gasteiger partial charge in [-0.3, -0.25) is 0 Å². The molecule has 0 rings (SSSR count). The molecular formula is C9H27AsCl2N2Si3. The second-order valence-corrected chi connectivity index (χ2v) is 28.9. The van der Waals surface area contributed by atoms with E-state index in [1.165, 1.54) is 0 Å². The van der Waals surface area contributed by atoms with Gasteiger partial charge in [0, 0.05) is 0 Å². The Labute approximate surface area is 125 Å². The maximum absolute atomic E-state index is 6.75. The van der Waals surface area contributed by atoms with Crippen LogP contribution >= 0.6 is 22.2 Å². The minimum absolute atomic E-state index is 1.02. The van der Waals surface area contributed by atoms with Crippen molar-refractivity contribution in [3.63, 3.8) is 0 Å². The molecule has 8 heteroatoms. The SMILES string of the molecule is C[As](C)N(N([Si](C)(C)Cl)[Si](C)(C)Cl)[Si](C)(C)C. The van der Waals surface area contributed by atoms with Gasteiger partial charge in [0.25, 0.3) is 0 Å². The Morgan fingerprint density at radius 1 is 0.765 bits per heavy atom. The number of hydrazine groups is 1. The maximum atomic E-state index is 6.75. The second kappa shape index (κ2) is 6.00. The van der Waals surface area contributed by atoms with E-state index < -0.39 is 38.2 Å². The standard InChI is InChI=1S/C9H27AsCl2N2Si3/c1-10(2)13(15(3,4)5)14(16(6,7)11)17(8,9)12/h1-9H3.